The van der Waals surface area contributed by atoms with Gasteiger partial charge in [-0.15, -0.1) is 10.2 Å². The van der Waals surface area contributed by atoms with E-state index in [9.17, 15) is 4.79 Å². The summed E-state index contributed by atoms with van der Waals surface area (Å²) in [7, 11) is 0. The molecule has 2 heterocycles. The van der Waals surface area contributed by atoms with Crippen LogP contribution in [0.15, 0.2) is 60.7 Å². The van der Waals surface area contributed by atoms with Crippen molar-refractivity contribution in [1.82, 2.24) is 19.5 Å². The van der Waals surface area contributed by atoms with E-state index in [0.29, 0.717) is 13.1 Å². The fraction of sp³-hybridized carbons (Fsp3) is 0.190. The second-order valence-electron chi connectivity index (χ2n) is 6.51. The maximum absolute atomic E-state index is 13.4. The first kappa shape index (κ1) is 17.4. The Hall–Kier alpha value is -2.99. The third-order valence-corrected chi connectivity index (χ3v) is 5.69. The molecule has 4 aromatic rings. The Morgan fingerprint density at radius 1 is 0.926 bits per heavy atom. The molecule has 0 aliphatic rings. The zero-order valence-electron chi connectivity index (χ0n) is 15.3. The van der Waals surface area contributed by atoms with Crippen LogP contribution < -0.4 is 0 Å². The van der Waals surface area contributed by atoms with Gasteiger partial charge in [0.05, 0.1) is 0 Å². The van der Waals surface area contributed by atoms with Gasteiger partial charge >= 0.3 is 0 Å². The van der Waals surface area contributed by atoms with Crippen LogP contribution in [-0.2, 0) is 13.1 Å². The number of aryl methyl sites for hydroxylation is 2. The summed E-state index contributed by atoms with van der Waals surface area (Å²) in [6, 6.07) is 20.2. The van der Waals surface area contributed by atoms with Crippen LogP contribution in [0.4, 0.5) is 0 Å². The van der Waals surface area contributed by atoms with Crippen LogP contribution in [0, 0.1) is 13.8 Å². The third-order valence-electron chi connectivity index (χ3n) is 4.57. The highest BCUT2D eigenvalue weighted by Gasteiger charge is 2.23. The molecule has 0 bridgehead atoms. The molecule has 0 N–H and O–H groups in total. The van der Waals surface area contributed by atoms with Gasteiger partial charge in [0.15, 0.2) is 0 Å². The molecule has 0 saturated heterocycles. The second-order valence-corrected chi connectivity index (χ2v) is 7.49. The summed E-state index contributed by atoms with van der Waals surface area (Å²) < 4.78 is 1.95. The van der Waals surface area contributed by atoms with Gasteiger partial charge in [0, 0.05) is 18.8 Å². The molecule has 0 aliphatic carbocycles. The fourth-order valence-electron chi connectivity index (χ4n) is 3.21. The van der Waals surface area contributed by atoms with Crippen LogP contribution in [0.25, 0.3) is 4.96 Å². The lowest BCUT2D eigenvalue weighted by Gasteiger charge is -2.23. The summed E-state index contributed by atoms with van der Waals surface area (Å²) in [4.78, 5) is 16.8. The molecule has 0 radical (unpaired) electrons. The Labute approximate surface area is 161 Å². The number of carbonyl (C=O) groups is 1. The van der Waals surface area contributed by atoms with Crippen molar-refractivity contribution in [3.05, 3.63) is 88.2 Å². The SMILES string of the molecule is Cc1nnc2sc(C(=O)N(Cc3ccccc3)Cc3ccccc3)c(C)n12. The molecule has 0 saturated carbocycles. The van der Waals surface area contributed by atoms with Gasteiger partial charge in [-0.3, -0.25) is 9.20 Å². The lowest BCUT2D eigenvalue weighted by atomic mass is 10.1. The molecule has 2 aromatic heterocycles. The summed E-state index contributed by atoms with van der Waals surface area (Å²) in [6.07, 6.45) is 0. The van der Waals surface area contributed by atoms with E-state index in [4.69, 9.17) is 0 Å². The normalized spacial score (nSPS) is 11.0. The van der Waals surface area contributed by atoms with Crippen molar-refractivity contribution < 1.29 is 4.79 Å². The minimum absolute atomic E-state index is 0.0232. The minimum Gasteiger partial charge on any atom is -0.329 e. The lowest BCUT2D eigenvalue weighted by Crippen LogP contribution is -2.30. The Kier molecular flexibility index (Phi) is 4.73. The van der Waals surface area contributed by atoms with Gasteiger partial charge < -0.3 is 4.90 Å². The first-order valence-corrected chi connectivity index (χ1v) is 9.63. The van der Waals surface area contributed by atoms with Gasteiger partial charge in [-0.05, 0) is 25.0 Å². The molecule has 0 atom stereocenters. The van der Waals surface area contributed by atoms with E-state index in [1.165, 1.54) is 11.3 Å². The van der Waals surface area contributed by atoms with Crippen LogP contribution in [-0.4, -0.2) is 25.4 Å². The van der Waals surface area contributed by atoms with Gasteiger partial charge in [0.2, 0.25) is 4.96 Å². The van der Waals surface area contributed by atoms with Crippen LogP contribution in [0.1, 0.15) is 32.3 Å². The molecule has 0 fully saturated rings. The van der Waals surface area contributed by atoms with E-state index in [0.717, 1.165) is 32.5 Å². The van der Waals surface area contributed by atoms with Gasteiger partial charge in [-0.1, -0.05) is 72.0 Å². The number of fused-ring (bicyclic) bond motifs is 1. The molecule has 6 heteroatoms. The number of hydrogen-bond acceptors (Lipinski definition) is 4. The number of carbonyl (C=O) groups excluding carboxylic acids is 1. The molecule has 1 amide bonds. The second kappa shape index (κ2) is 7.32. The molecule has 0 aliphatic heterocycles. The third kappa shape index (κ3) is 3.48. The monoisotopic (exact) mass is 376 g/mol. The molecular weight excluding hydrogens is 356 g/mol. The molecule has 136 valence electrons. The van der Waals surface area contributed by atoms with Gasteiger partial charge in [0.1, 0.15) is 10.7 Å². The van der Waals surface area contributed by atoms with Crippen LogP contribution in [0.5, 0.6) is 0 Å². The summed E-state index contributed by atoms with van der Waals surface area (Å²) >= 11 is 1.40. The number of amides is 1. The van der Waals surface area contributed by atoms with Gasteiger partial charge in [-0.2, -0.15) is 0 Å². The fourth-order valence-corrected chi connectivity index (χ4v) is 4.29. The summed E-state index contributed by atoms with van der Waals surface area (Å²) in [5, 5.41) is 8.27. The van der Waals surface area contributed by atoms with E-state index >= 15 is 0 Å². The molecule has 0 spiro atoms. The molecular formula is C21H20N4OS. The Morgan fingerprint density at radius 2 is 1.48 bits per heavy atom. The van der Waals surface area contributed by atoms with Crippen molar-refractivity contribution in [2.24, 2.45) is 0 Å². The maximum Gasteiger partial charge on any atom is 0.266 e. The van der Waals surface area contributed by atoms with Crippen molar-refractivity contribution >= 4 is 22.2 Å². The van der Waals surface area contributed by atoms with Crippen molar-refractivity contribution in [3.8, 4) is 0 Å². The number of thiazole rings is 1. The van der Waals surface area contributed by atoms with E-state index in [1.54, 1.807) is 0 Å². The molecule has 4 rings (SSSR count). The highest BCUT2D eigenvalue weighted by Crippen LogP contribution is 2.25. The number of nitrogens with zero attached hydrogens (tertiary/aromatic N) is 4. The summed E-state index contributed by atoms with van der Waals surface area (Å²) in [5.41, 5.74) is 3.12. The number of hydrogen-bond donors (Lipinski definition) is 0. The Balaban J connectivity index is 1.69. The minimum atomic E-state index is 0.0232. The zero-order valence-corrected chi connectivity index (χ0v) is 16.1. The van der Waals surface area contributed by atoms with Crippen LogP contribution in [0.2, 0.25) is 0 Å². The average molecular weight is 376 g/mol. The number of aromatic nitrogens is 3. The lowest BCUT2D eigenvalue weighted by molar-refractivity contribution is 0.0734. The Bertz CT molecular complexity index is 1030. The molecule has 0 unspecified atom stereocenters. The summed E-state index contributed by atoms with van der Waals surface area (Å²) in [5.74, 6) is 0.825. The van der Waals surface area contributed by atoms with Crippen molar-refractivity contribution in [2.45, 2.75) is 26.9 Å². The highest BCUT2D eigenvalue weighted by atomic mass is 32.1. The van der Waals surface area contributed by atoms with E-state index in [2.05, 4.69) is 10.2 Å². The predicted molar refractivity (Wildman–Crippen MR) is 107 cm³/mol. The maximum atomic E-state index is 13.4. The van der Waals surface area contributed by atoms with Crippen molar-refractivity contribution in [3.63, 3.8) is 0 Å². The smallest absolute Gasteiger partial charge is 0.266 e. The van der Waals surface area contributed by atoms with Gasteiger partial charge in [-0.25, -0.2) is 0 Å². The largest absolute Gasteiger partial charge is 0.329 e. The average Bonchev–Trinajstić information content (AvgIpc) is 3.22. The Morgan fingerprint density at radius 3 is 2.00 bits per heavy atom. The first-order chi connectivity index (χ1) is 13.1. The van der Waals surface area contributed by atoms with Crippen LogP contribution in [0.3, 0.4) is 0 Å². The standard InChI is InChI=1S/C21H20N4OS/c1-15-19(27-21-23-22-16(2)25(15)21)20(26)24(13-17-9-5-3-6-10-17)14-18-11-7-4-8-12-18/h3-12H,13-14H2,1-2H3. The van der Waals surface area contributed by atoms with E-state index in [-0.39, 0.29) is 5.91 Å². The van der Waals surface area contributed by atoms with Crippen LogP contribution >= 0.6 is 11.3 Å². The summed E-state index contributed by atoms with van der Waals surface area (Å²) in [6.45, 7) is 4.98. The quantitative estimate of drug-likeness (QED) is 0.523. The van der Waals surface area contributed by atoms with E-state index < -0.39 is 0 Å². The van der Waals surface area contributed by atoms with Crippen molar-refractivity contribution in [2.75, 3.05) is 0 Å². The zero-order chi connectivity index (χ0) is 18.8. The van der Waals surface area contributed by atoms with Crippen molar-refractivity contribution in [1.29, 1.82) is 0 Å². The molecule has 5 nitrogen and oxygen atoms in total. The highest BCUT2D eigenvalue weighted by molar-refractivity contribution is 7.19. The predicted octanol–water partition coefficient (Wildman–Crippen LogP) is 4.25. The molecule has 2 aromatic carbocycles. The van der Waals surface area contributed by atoms with E-state index in [1.807, 2.05) is 83.8 Å². The first-order valence-electron chi connectivity index (χ1n) is 8.81. The topological polar surface area (TPSA) is 50.5 Å². The van der Waals surface area contributed by atoms with Gasteiger partial charge in [0.25, 0.3) is 5.91 Å². The number of benzene rings is 2. The number of rotatable bonds is 5. The molecule has 27 heavy (non-hydrogen) atoms.